The molecule has 0 saturated heterocycles. The molecule has 0 aliphatic carbocycles. The molecule has 26 heavy (non-hydrogen) atoms. The number of aromatic nitrogens is 1. The predicted octanol–water partition coefficient (Wildman–Crippen LogP) is 4.38. The molecule has 2 aromatic rings. The number of anilines is 1. The van der Waals surface area contributed by atoms with E-state index in [1.807, 2.05) is 20.0 Å². The molecule has 0 unspecified atom stereocenters. The van der Waals surface area contributed by atoms with Gasteiger partial charge >= 0.3 is 0 Å². The molecule has 3 N–H and O–H groups in total. The normalized spacial score (nSPS) is 11.0. The van der Waals surface area contributed by atoms with Crippen molar-refractivity contribution in [2.24, 2.45) is 10.7 Å². The van der Waals surface area contributed by atoms with Gasteiger partial charge in [0.2, 0.25) is 0 Å². The fourth-order valence-electron chi connectivity index (χ4n) is 2.96. The zero-order valence-electron chi connectivity index (χ0n) is 16.2. The van der Waals surface area contributed by atoms with E-state index in [0.717, 1.165) is 41.1 Å². The Morgan fingerprint density at radius 2 is 1.81 bits per heavy atom. The molecule has 0 aliphatic rings. The number of halogens is 1. The summed E-state index contributed by atoms with van der Waals surface area (Å²) < 4.78 is 5.44. The molecule has 6 heteroatoms. The van der Waals surface area contributed by atoms with Gasteiger partial charge in [0, 0.05) is 23.0 Å². The van der Waals surface area contributed by atoms with Crippen LogP contribution in [-0.2, 0) is 19.4 Å². The van der Waals surface area contributed by atoms with E-state index in [1.54, 1.807) is 7.11 Å². The number of hydrogen-bond acceptors (Lipinski definition) is 3. The number of guanidine groups is 1. The number of para-hydroxylation sites is 1. The third kappa shape index (κ3) is 5.09. The first-order chi connectivity index (χ1) is 12.0. The summed E-state index contributed by atoms with van der Waals surface area (Å²) in [4.78, 5) is 8.93. The summed E-state index contributed by atoms with van der Waals surface area (Å²) in [5.41, 5.74) is 12.6. The SMILES string of the molecule is CCc1cccc(CC)c1NC(N)=NCc1ncc(C)c(OC)c1C.I. The molecule has 0 atom stereocenters. The number of pyridine rings is 1. The lowest BCUT2D eigenvalue weighted by atomic mass is 10.0. The number of aryl methyl sites for hydroxylation is 3. The molecule has 0 spiro atoms. The van der Waals surface area contributed by atoms with Crippen molar-refractivity contribution in [1.82, 2.24) is 4.98 Å². The van der Waals surface area contributed by atoms with Crippen LogP contribution in [0.15, 0.2) is 29.4 Å². The van der Waals surface area contributed by atoms with E-state index in [0.29, 0.717) is 12.5 Å². The Labute approximate surface area is 173 Å². The highest BCUT2D eigenvalue weighted by molar-refractivity contribution is 14.0. The van der Waals surface area contributed by atoms with Crippen LogP contribution in [0.3, 0.4) is 0 Å². The molecule has 1 heterocycles. The summed E-state index contributed by atoms with van der Waals surface area (Å²) in [6.07, 6.45) is 3.69. The number of nitrogens with two attached hydrogens (primary N) is 1. The molecule has 1 aromatic carbocycles. The molecule has 1 aromatic heterocycles. The van der Waals surface area contributed by atoms with Gasteiger partial charge in [-0.1, -0.05) is 32.0 Å². The first-order valence-electron chi connectivity index (χ1n) is 8.68. The van der Waals surface area contributed by atoms with E-state index in [4.69, 9.17) is 10.5 Å². The standard InChI is InChI=1S/C20H28N4O.HI/c1-6-15-9-8-10-16(7-2)18(15)24-20(21)23-12-17-14(4)19(25-5)13(3)11-22-17;/h8-11H,6-7,12H2,1-5H3,(H3,21,23,24);1H. The van der Waals surface area contributed by atoms with Crippen molar-refractivity contribution in [2.75, 3.05) is 12.4 Å². The van der Waals surface area contributed by atoms with Crippen molar-refractivity contribution in [3.05, 3.63) is 52.3 Å². The van der Waals surface area contributed by atoms with Crippen LogP contribution in [0.1, 0.15) is 41.8 Å². The number of rotatable bonds is 6. The quantitative estimate of drug-likeness (QED) is 0.375. The Morgan fingerprint density at radius 3 is 2.35 bits per heavy atom. The second kappa shape index (κ2) is 10.4. The minimum atomic E-state index is 0. The summed E-state index contributed by atoms with van der Waals surface area (Å²) in [5, 5.41) is 3.28. The van der Waals surface area contributed by atoms with Gasteiger partial charge in [-0.2, -0.15) is 0 Å². The summed E-state index contributed by atoms with van der Waals surface area (Å²) in [5.74, 6) is 1.26. The fraction of sp³-hybridized carbons (Fsp3) is 0.400. The van der Waals surface area contributed by atoms with Crippen LogP contribution >= 0.6 is 24.0 Å². The van der Waals surface area contributed by atoms with E-state index in [2.05, 4.69) is 47.3 Å². The molecule has 2 rings (SSSR count). The fourth-order valence-corrected chi connectivity index (χ4v) is 2.96. The van der Waals surface area contributed by atoms with Gasteiger partial charge in [0.15, 0.2) is 5.96 Å². The number of nitrogens with zero attached hydrogens (tertiary/aromatic N) is 2. The van der Waals surface area contributed by atoms with Crippen molar-refractivity contribution in [3.63, 3.8) is 0 Å². The van der Waals surface area contributed by atoms with E-state index < -0.39 is 0 Å². The minimum absolute atomic E-state index is 0. The van der Waals surface area contributed by atoms with Gasteiger partial charge in [-0.05, 0) is 37.8 Å². The number of hydrogen-bond donors (Lipinski definition) is 2. The van der Waals surface area contributed by atoms with Crippen molar-refractivity contribution in [3.8, 4) is 5.75 Å². The summed E-state index contributed by atoms with van der Waals surface area (Å²) in [6.45, 7) is 8.67. The summed E-state index contributed by atoms with van der Waals surface area (Å²) >= 11 is 0. The molecule has 0 bridgehead atoms. The number of nitrogens with one attached hydrogen (secondary N) is 1. The van der Waals surface area contributed by atoms with Gasteiger partial charge in [0.25, 0.3) is 0 Å². The summed E-state index contributed by atoms with van der Waals surface area (Å²) in [7, 11) is 1.67. The maximum atomic E-state index is 6.13. The topological polar surface area (TPSA) is 72.5 Å². The van der Waals surface area contributed by atoms with Crippen molar-refractivity contribution < 1.29 is 4.74 Å². The van der Waals surface area contributed by atoms with Crippen molar-refractivity contribution in [1.29, 1.82) is 0 Å². The van der Waals surface area contributed by atoms with Gasteiger partial charge in [0.1, 0.15) is 5.75 Å². The van der Waals surface area contributed by atoms with Gasteiger partial charge in [-0.25, -0.2) is 4.99 Å². The molecular weight excluding hydrogens is 439 g/mol. The van der Waals surface area contributed by atoms with Gasteiger partial charge < -0.3 is 15.8 Å². The van der Waals surface area contributed by atoms with Crippen LogP contribution < -0.4 is 15.8 Å². The largest absolute Gasteiger partial charge is 0.496 e. The number of aliphatic imine (C=N–C) groups is 1. The average Bonchev–Trinajstić information content (AvgIpc) is 2.61. The highest BCUT2D eigenvalue weighted by Crippen LogP contribution is 2.25. The third-order valence-corrected chi connectivity index (χ3v) is 4.40. The second-order valence-electron chi connectivity index (χ2n) is 6.03. The Bertz CT molecular complexity index is 752. The Kier molecular flexibility index (Phi) is 8.84. The van der Waals surface area contributed by atoms with Crippen molar-refractivity contribution in [2.45, 2.75) is 47.1 Å². The van der Waals surface area contributed by atoms with Gasteiger partial charge in [-0.15, -0.1) is 24.0 Å². The Hall–Kier alpha value is -1.83. The van der Waals surface area contributed by atoms with Crippen LogP contribution in [0.4, 0.5) is 5.69 Å². The van der Waals surface area contributed by atoms with Crippen molar-refractivity contribution >= 4 is 35.6 Å². The van der Waals surface area contributed by atoms with Crippen LogP contribution in [-0.4, -0.2) is 18.1 Å². The molecule has 0 radical (unpaired) electrons. The monoisotopic (exact) mass is 468 g/mol. The third-order valence-electron chi connectivity index (χ3n) is 4.40. The van der Waals surface area contributed by atoms with E-state index in [1.165, 1.54) is 11.1 Å². The van der Waals surface area contributed by atoms with E-state index in [-0.39, 0.29) is 24.0 Å². The van der Waals surface area contributed by atoms with Crippen LogP contribution in [0.25, 0.3) is 0 Å². The predicted molar refractivity (Wildman–Crippen MR) is 120 cm³/mol. The van der Waals surface area contributed by atoms with Crippen LogP contribution in [0, 0.1) is 13.8 Å². The smallest absolute Gasteiger partial charge is 0.193 e. The molecule has 0 aliphatic heterocycles. The molecule has 142 valence electrons. The molecule has 5 nitrogen and oxygen atoms in total. The maximum Gasteiger partial charge on any atom is 0.193 e. The average molecular weight is 468 g/mol. The zero-order valence-corrected chi connectivity index (χ0v) is 18.5. The molecule has 0 amide bonds. The molecular formula is C20H29IN4O. The highest BCUT2D eigenvalue weighted by Gasteiger charge is 2.10. The Morgan fingerprint density at radius 1 is 1.19 bits per heavy atom. The second-order valence-corrected chi connectivity index (χ2v) is 6.03. The lowest BCUT2D eigenvalue weighted by Crippen LogP contribution is -2.24. The molecule has 0 saturated carbocycles. The molecule has 0 fully saturated rings. The van der Waals surface area contributed by atoms with Gasteiger partial charge in [-0.3, -0.25) is 4.98 Å². The lowest BCUT2D eigenvalue weighted by Gasteiger charge is -2.15. The Balaban J connectivity index is 0.00000338. The zero-order chi connectivity index (χ0) is 18.4. The van der Waals surface area contributed by atoms with Crippen LogP contribution in [0.5, 0.6) is 5.75 Å². The maximum absolute atomic E-state index is 6.13. The lowest BCUT2D eigenvalue weighted by molar-refractivity contribution is 0.407. The number of benzene rings is 1. The first-order valence-corrected chi connectivity index (χ1v) is 8.68. The van der Waals surface area contributed by atoms with E-state index in [9.17, 15) is 0 Å². The summed E-state index contributed by atoms with van der Waals surface area (Å²) in [6, 6.07) is 6.32. The highest BCUT2D eigenvalue weighted by atomic mass is 127. The number of methoxy groups -OCH3 is 1. The van der Waals surface area contributed by atoms with Gasteiger partial charge in [0.05, 0.1) is 19.3 Å². The minimum Gasteiger partial charge on any atom is -0.496 e. The number of ether oxygens (including phenoxy) is 1. The van der Waals surface area contributed by atoms with E-state index >= 15 is 0 Å². The van der Waals surface area contributed by atoms with Crippen LogP contribution in [0.2, 0.25) is 0 Å². The first kappa shape index (κ1) is 22.2.